The summed E-state index contributed by atoms with van der Waals surface area (Å²) in [5.41, 5.74) is 4.20. The molecule has 0 aliphatic carbocycles. The van der Waals surface area contributed by atoms with Gasteiger partial charge in [0.25, 0.3) is 0 Å². The van der Waals surface area contributed by atoms with E-state index in [-0.39, 0.29) is 12.3 Å². The molecule has 0 aliphatic rings. The number of nitrogens with one attached hydrogen (secondary N) is 1. The molecular formula is C16H17N3O2S. The monoisotopic (exact) mass is 315 g/mol. The second kappa shape index (κ2) is 8.09. The number of rotatable bonds is 7. The van der Waals surface area contributed by atoms with Crippen molar-refractivity contribution in [2.24, 2.45) is 5.10 Å². The van der Waals surface area contributed by atoms with E-state index in [1.54, 1.807) is 12.3 Å². The van der Waals surface area contributed by atoms with Crippen molar-refractivity contribution < 1.29 is 9.53 Å². The SMILES string of the molecule is C=CCOc1ccccc1/C=N\NC(=O)Cc1nc(C)cs1. The number of thiazole rings is 1. The van der Waals surface area contributed by atoms with Gasteiger partial charge in [0, 0.05) is 16.6 Å². The lowest BCUT2D eigenvalue weighted by molar-refractivity contribution is -0.120. The number of hydrazone groups is 1. The first-order chi connectivity index (χ1) is 10.7. The van der Waals surface area contributed by atoms with Crippen molar-refractivity contribution in [3.05, 3.63) is 58.6 Å². The molecule has 0 unspecified atom stereocenters. The number of hydrogen-bond donors (Lipinski definition) is 1. The van der Waals surface area contributed by atoms with E-state index in [4.69, 9.17) is 4.74 Å². The van der Waals surface area contributed by atoms with Gasteiger partial charge in [-0.05, 0) is 19.1 Å². The minimum Gasteiger partial charge on any atom is -0.489 e. The maximum Gasteiger partial charge on any atom is 0.246 e. The van der Waals surface area contributed by atoms with Crippen LogP contribution in [-0.2, 0) is 11.2 Å². The zero-order valence-corrected chi connectivity index (χ0v) is 13.1. The van der Waals surface area contributed by atoms with Crippen molar-refractivity contribution in [2.45, 2.75) is 13.3 Å². The summed E-state index contributed by atoms with van der Waals surface area (Å²) >= 11 is 1.47. The van der Waals surface area contributed by atoms with Crippen LogP contribution in [0.2, 0.25) is 0 Å². The number of aryl methyl sites for hydroxylation is 1. The Morgan fingerprint density at radius 1 is 1.50 bits per heavy atom. The lowest BCUT2D eigenvalue weighted by Crippen LogP contribution is -2.19. The van der Waals surface area contributed by atoms with Crippen molar-refractivity contribution >= 4 is 23.5 Å². The predicted octanol–water partition coefficient (Wildman–Crippen LogP) is 2.71. The Morgan fingerprint density at radius 3 is 3.05 bits per heavy atom. The van der Waals surface area contributed by atoms with Crippen LogP contribution in [0.4, 0.5) is 0 Å². The molecule has 0 saturated carbocycles. The first-order valence-electron chi connectivity index (χ1n) is 6.74. The fourth-order valence-electron chi connectivity index (χ4n) is 1.70. The molecule has 1 heterocycles. The molecule has 1 aromatic heterocycles. The van der Waals surface area contributed by atoms with Crippen molar-refractivity contribution in [2.75, 3.05) is 6.61 Å². The van der Waals surface area contributed by atoms with E-state index in [1.807, 2.05) is 36.6 Å². The second-order valence-corrected chi connectivity index (χ2v) is 5.43. The van der Waals surface area contributed by atoms with Crippen LogP contribution >= 0.6 is 11.3 Å². The average molecular weight is 315 g/mol. The molecule has 1 amide bonds. The zero-order valence-electron chi connectivity index (χ0n) is 12.3. The van der Waals surface area contributed by atoms with Gasteiger partial charge in [-0.15, -0.1) is 11.3 Å². The molecule has 0 atom stereocenters. The number of carbonyl (C=O) groups is 1. The van der Waals surface area contributed by atoms with Crippen LogP contribution in [0.15, 0.2) is 47.4 Å². The molecule has 5 nitrogen and oxygen atoms in total. The Hall–Kier alpha value is -2.47. The summed E-state index contributed by atoms with van der Waals surface area (Å²) < 4.78 is 5.51. The van der Waals surface area contributed by atoms with E-state index in [2.05, 4.69) is 22.1 Å². The first kappa shape index (κ1) is 15.9. The van der Waals surface area contributed by atoms with Gasteiger partial charge in [0.15, 0.2) is 0 Å². The summed E-state index contributed by atoms with van der Waals surface area (Å²) in [5, 5.41) is 6.65. The summed E-state index contributed by atoms with van der Waals surface area (Å²) in [4.78, 5) is 16.0. The highest BCUT2D eigenvalue weighted by Crippen LogP contribution is 2.15. The van der Waals surface area contributed by atoms with Gasteiger partial charge in [-0.25, -0.2) is 10.4 Å². The maximum atomic E-state index is 11.8. The van der Waals surface area contributed by atoms with E-state index in [0.717, 1.165) is 16.3 Å². The van der Waals surface area contributed by atoms with Gasteiger partial charge in [-0.3, -0.25) is 4.79 Å². The van der Waals surface area contributed by atoms with Crippen LogP contribution in [0, 0.1) is 6.92 Å². The van der Waals surface area contributed by atoms with Crippen LogP contribution < -0.4 is 10.2 Å². The summed E-state index contributed by atoms with van der Waals surface area (Å²) in [6.07, 6.45) is 3.46. The van der Waals surface area contributed by atoms with Crippen LogP contribution in [0.3, 0.4) is 0 Å². The molecule has 0 spiro atoms. The van der Waals surface area contributed by atoms with Gasteiger partial charge >= 0.3 is 0 Å². The summed E-state index contributed by atoms with van der Waals surface area (Å²) in [6, 6.07) is 7.45. The highest BCUT2D eigenvalue weighted by molar-refractivity contribution is 7.09. The van der Waals surface area contributed by atoms with Crippen molar-refractivity contribution in [1.82, 2.24) is 10.4 Å². The number of carbonyl (C=O) groups excluding carboxylic acids is 1. The summed E-state index contributed by atoms with van der Waals surface area (Å²) in [6.45, 7) is 5.93. The predicted molar refractivity (Wildman–Crippen MR) is 88.4 cm³/mol. The van der Waals surface area contributed by atoms with Gasteiger partial charge in [-0.2, -0.15) is 5.10 Å². The van der Waals surface area contributed by atoms with Crippen LogP contribution in [0.5, 0.6) is 5.75 Å². The second-order valence-electron chi connectivity index (χ2n) is 4.49. The fraction of sp³-hybridized carbons (Fsp3) is 0.188. The topological polar surface area (TPSA) is 63.6 Å². The molecule has 114 valence electrons. The Bertz CT molecular complexity index is 680. The van der Waals surface area contributed by atoms with E-state index < -0.39 is 0 Å². The Kier molecular flexibility index (Phi) is 5.85. The standard InChI is InChI=1S/C16H17N3O2S/c1-3-8-21-14-7-5-4-6-13(14)10-17-19-15(20)9-16-18-12(2)11-22-16/h3-7,10-11H,1,8-9H2,2H3,(H,19,20)/b17-10-. The molecular weight excluding hydrogens is 298 g/mol. The molecule has 0 bridgehead atoms. The number of benzene rings is 1. The Morgan fingerprint density at radius 2 is 2.32 bits per heavy atom. The van der Waals surface area contributed by atoms with Gasteiger partial charge in [0.05, 0.1) is 12.6 Å². The Labute approximate surface area is 133 Å². The Balaban J connectivity index is 1.91. The van der Waals surface area contributed by atoms with Gasteiger partial charge < -0.3 is 4.74 Å². The molecule has 0 aliphatic heterocycles. The number of aromatic nitrogens is 1. The zero-order chi connectivity index (χ0) is 15.8. The lowest BCUT2D eigenvalue weighted by atomic mass is 10.2. The number of nitrogens with zero attached hydrogens (tertiary/aromatic N) is 2. The highest BCUT2D eigenvalue weighted by atomic mass is 32.1. The summed E-state index contributed by atoms with van der Waals surface area (Å²) in [7, 11) is 0. The van der Waals surface area contributed by atoms with Crippen LogP contribution in [0.1, 0.15) is 16.3 Å². The third-order valence-electron chi connectivity index (χ3n) is 2.65. The smallest absolute Gasteiger partial charge is 0.246 e. The highest BCUT2D eigenvalue weighted by Gasteiger charge is 2.05. The lowest BCUT2D eigenvalue weighted by Gasteiger charge is -2.06. The van der Waals surface area contributed by atoms with E-state index in [0.29, 0.717) is 12.4 Å². The molecule has 6 heteroatoms. The van der Waals surface area contributed by atoms with Crippen molar-refractivity contribution in [3.63, 3.8) is 0 Å². The minimum atomic E-state index is -0.199. The molecule has 1 aromatic carbocycles. The summed E-state index contributed by atoms with van der Waals surface area (Å²) in [5.74, 6) is 0.492. The molecule has 2 rings (SSSR count). The average Bonchev–Trinajstić information content (AvgIpc) is 2.91. The molecule has 0 fully saturated rings. The number of hydrogen-bond acceptors (Lipinski definition) is 5. The number of amides is 1. The van der Waals surface area contributed by atoms with E-state index in [9.17, 15) is 4.79 Å². The fourth-order valence-corrected chi connectivity index (χ4v) is 2.47. The third-order valence-corrected chi connectivity index (χ3v) is 3.61. The normalized spacial score (nSPS) is 10.6. The number of para-hydroxylation sites is 1. The largest absolute Gasteiger partial charge is 0.489 e. The first-order valence-corrected chi connectivity index (χ1v) is 7.62. The van der Waals surface area contributed by atoms with E-state index >= 15 is 0 Å². The molecule has 0 radical (unpaired) electrons. The number of ether oxygens (including phenoxy) is 1. The minimum absolute atomic E-state index is 0.199. The molecule has 1 N–H and O–H groups in total. The maximum absolute atomic E-state index is 11.8. The van der Waals surface area contributed by atoms with Crippen LogP contribution in [0.25, 0.3) is 0 Å². The van der Waals surface area contributed by atoms with Crippen molar-refractivity contribution in [3.8, 4) is 5.75 Å². The molecule has 22 heavy (non-hydrogen) atoms. The van der Waals surface area contributed by atoms with Gasteiger partial charge in [0.2, 0.25) is 5.91 Å². The van der Waals surface area contributed by atoms with Gasteiger partial charge in [-0.1, -0.05) is 24.8 Å². The van der Waals surface area contributed by atoms with Crippen LogP contribution in [-0.4, -0.2) is 23.7 Å². The van der Waals surface area contributed by atoms with Crippen molar-refractivity contribution in [1.29, 1.82) is 0 Å². The van der Waals surface area contributed by atoms with Gasteiger partial charge in [0.1, 0.15) is 17.4 Å². The quantitative estimate of drug-likeness (QED) is 0.485. The molecule has 0 saturated heterocycles. The van der Waals surface area contributed by atoms with E-state index in [1.165, 1.54) is 11.3 Å². The third kappa shape index (κ3) is 4.82. The molecule has 2 aromatic rings.